The van der Waals surface area contributed by atoms with Crippen LogP contribution in [0.25, 0.3) is 0 Å². The smallest absolute Gasteiger partial charge is 0.417 e. The van der Waals surface area contributed by atoms with E-state index in [9.17, 15) is 13.2 Å². The summed E-state index contributed by atoms with van der Waals surface area (Å²) in [6, 6.07) is 0.796. The number of halogens is 5. The van der Waals surface area contributed by atoms with E-state index in [4.69, 9.17) is 16.3 Å². The van der Waals surface area contributed by atoms with Gasteiger partial charge in [-0.25, -0.2) is 4.98 Å². The maximum atomic E-state index is 12.5. The normalized spacial score (nSPS) is 11.7. The number of guanidine groups is 1. The molecule has 24 heavy (non-hydrogen) atoms. The average Bonchev–Trinajstić information content (AvgIpc) is 2.49. The summed E-state index contributed by atoms with van der Waals surface area (Å²) in [5, 5.41) is 5.94. The highest BCUT2D eigenvalue weighted by Crippen LogP contribution is 2.32. The molecule has 5 nitrogen and oxygen atoms in total. The molecule has 0 saturated heterocycles. The standard InChI is InChI=1S/C14H20ClF3N4O.HI/c1-3-5-20-13(19-4-2)21-6-7-23-12-11(15)8-10(9-22-12)14(16,17)18;/h8-9H,3-7H2,1-2H3,(H2,19,20,21);1H. The molecule has 10 heteroatoms. The first-order valence-corrected chi connectivity index (χ1v) is 7.64. The molecule has 1 aromatic rings. The van der Waals surface area contributed by atoms with Crippen LogP contribution in [-0.2, 0) is 6.18 Å². The maximum absolute atomic E-state index is 12.5. The quantitative estimate of drug-likeness (QED) is 0.270. The number of rotatable bonds is 7. The highest BCUT2D eigenvalue weighted by Gasteiger charge is 2.31. The van der Waals surface area contributed by atoms with Gasteiger partial charge < -0.3 is 15.4 Å². The Morgan fingerprint density at radius 1 is 1.33 bits per heavy atom. The van der Waals surface area contributed by atoms with Gasteiger partial charge in [0.05, 0.1) is 12.1 Å². The molecule has 0 atom stereocenters. The van der Waals surface area contributed by atoms with Gasteiger partial charge in [0.15, 0.2) is 5.96 Å². The number of hydrogen-bond acceptors (Lipinski definition) is 3. The molecule has 0 saturated carbocycles. The van der Waals surface area contributed by atoms with Crippen LogP contribution >= 0.6 is 35.6 Å². The summed E-state index contributed by atoms with van der Waals surface area (Å²) in [6.07, 6.45) is -2.85. The van der Waals surface area contributed by atoms with Crippen molar-refractivity contribution in [3.8, 4) is 5.88 Å². The van der Waals surface area contributed by atoms with E-state index in [1.165, 1.54) is 0 Å². The minimum absolute atomic E-state index is 0. The Bertz CT molecular complexity index is 529. The van der Waals surface area contributed by atoms with Gasteiger partial charge in [-0.1, -0.05) is 18.5 Å². The lowest BCUT2D eigenvalue weighted by atomic mass is 10.3. The van der Waals surface area contributed by atoms with Crippen LogP contribution in [0.5, 0.6) is 5.88 Å². The Hall–Kier alpha value is -0.970. The number of alkyl halides is 3. The van der Waals surface area contributed by atoms with Crippen LogP contribution in [0.15, 0.2) is 17.3 Å². The van der Waals surface area contributed by atoms with Crippen LogP contribution in [0.3, 0.4) is 0 Å². The van der Waals surface area contributed by atoms with E-state index in [1.54, 1.807) is 0 Å². The minimum atomic E-state index is -4.48. The van der Waals surface area contributed by atoms with Crippen LogP contribution in [-0.4, -0.2) is 37.2 Å². The fourth-order valence-corrected chi connectivity index (χ4v) is 1.79. The Balaban J connectivity index is 0.00000529. The summed E-state index contributed by atoms with van der Waals surface area (Å²) in [6.45, 7) is 5.99. The molecule has 1 heterocycles. The molecule has 0 bridgehead atoms. The third kappa shape index (κ3) is 8.22. The molecule has 0 fully saturated rings. The van der Waals surface area contributed by atoms with Crippen molar-refractivity contribution >= 4 is 41.5 Å². The second-order valence-corrected chi connectivity index (χ2v) is 4.95. The van der Waals surface area contributed by atoms with Crippen molar-refractivity contribution in [1.29, 1.82) is 0 Å². The predicted molar refractivity (Wildman–Crippen MR) is 99.4 cm³/mol. The fourth-order valence-electron chi connectivity index (χ4n) is 1.57. The second-order valence-electron chi connectivity index (χ2n) is 4.54. The summed E-state index contributed by atoms with van der Waals surface area (Å²) in [5.41, 5.74) is -0.908. The SMILES string of the molecule is CCCN=C(NCC)NCCOc1ncc(C(F)(F)F)cc1Cl.I. The van der Waals surface area contributed by atoms with Gasteiger partial charge in [0.2, 0.25) is 5.88 Å². The molecule has 1 rings (SSSR count). The van der Waals surface area contributed by atoms with Crippen LogP contribution in [0.2, 0.25) is 5.02 Å². The van der Waals surface area contributed by atoms with E-state index in [2.05, 4.69) is 20.6 Å². The molecule has 138 valence electrons. The van der Waals surface area contributed by atoms with Crippen molar-refractivity contribution in [1.82, 2.24) is 15.6 Å². The lowest BCUT2D eigenvalue weighted by molar-refractivity contribution is -0.137. The lowest BCUT2D eigenvalue weighted by Gasteiger charge is -2.13. The van der Waals surface area contributed by atoms with Gasteiger partial charge in [0, 0.05) is 19.3 Å². The van der Waals surface area contributed by atoms with Crippen LogP contribution in [0, 0.1) is 0 Å². The number of nitrogens with zero attached hydrogens (tertiary/aromatic N) is 2. The number of aliphatic imine (C=N–C) groups is 1. The number of aromatic nitrogens is 1. The molecule has 0 aliphatic rings. The zero-order valence-electron chi connectivity index (χ0n) is 13.4. The molecule has 1 aromatic heterocycles. The van der Waals surface area contributed by atoms with E-state index in [0.717, 1.165) is 19.0 Å². The fraction of sp³-hybridized carbons (Fsp3) is 0.571. The lowest BCUT2D eigenvalue weighted by Crippen LogP contribution is -2.39. The van der Waals surface area contributed by atoms with E-state index in [1.807, 2.05) is 13.8 Å². The minimum Gasteiger partial charge on any atom is -0.475 e. The zero-order chi connectivity index (χ0) is 17.3. The number of pyridine rings is 1. The van der Waals surface area contributed by atoms with Crippen molar-refractivity contribution in [3.05, 3.63) is 22.8 Å². The third-order valence-corrected chi connectivity index (χ3v) is 2.88. The average molecular weight is 481 g/mol. The molecule has 0 aliphatic heterocycles. The first kappa shape index (κ1) is 23.0. The number of nitrogens with one attached hydrogen (secondary N) is 2. The van der Waals surface area contributed by atoms with E-state index < -0.39 is 11.7 Å². The summed E-state index contributed by atoms with van der Waals surface area (Å²) in [7, 11) is 0. The van der Waals surface area contributed by atoms with E-state index >= 15 is 0 Å². The van der Waals surface area contributed by atoms with E-state index in [0.29, 0.717) is 25.2 Å². The molecule has 0 aromatic carbocycles. The van der Waals surface area contributed by atoms with Crippen molar-refractivity contribution in [2.75, 3.05) is 26.2 Å². The van der Waals surface area contributed by atoms with Crippen molar-refractivity contribution in [2.45, 2.75) is 26.4 Å². The largest absolute Gasteiger partial charge is 0.475 e. The Labute approximate surface area is 161 Å². The second kappa shape index (κ2) is 11.6. The first-order chi connectivity index (χ1) is 10.9. The first-order valence-electron chi connectivity index (χ1n) is 7.26. The van der Waals surface area contributed by atoms with Crippen LogP contribution in [0.1, 0.15) is 25.8 Å². The highest BCUT2D eigenvalue weighted by atomic mass is 127. The van der Waals surface area contributed by atoms with Gasteiger partial charge in [-0.3, -0.25) is 4.99 Å². The summed E-state index contributed by atoms with van der Waals surface area (Å²) in [4.78, 5) is 7.90. The Morgan fingerprint density at radius 3 is 2.58 bits per heavy atom. The molecule has 0 radical (unpaired) electrons. The van der Waals surface area contributed by atoms with Gasteiger partial charge in [-0.2, -0.15) is 13.2 Å². The summed E-state index contributed by atoms with van der Waals surface area (Å²) < 4.78 is 42.8. The van der Waals surface area contributed by atoms with Gasteiger partial charge in [0.1, 0.15) is 11.6 Å². The topological polar surface area (TPSA) is 58.5 Å². The Kier molecular flexibility index (Phi) is 11.1. The molecule has 0 amide bonds. The van der Waals surface area contributed by atoms with Gasteiger partial charge in [0.25, 0.3) is 0 Å². The zero-order valence-corrected chi connectivity index (χ0v) is 16.5. The van der Waals surface area contributed by atoms with Crippen molar-refractivity contribution < 1.29 is 17.9 Å². The van der Waals surface area contributed by atoms with E-state index in [-0.39, 0.29) is 41.5 Å². The Morgan fingerprint density at radius 2 is 2.04 bits per heavy atom. The number of ether oxygens (including phenoxy) is 1. The molecular weight excluding hydrogens is 460 g/mol. The maximum Gasteiger partial charge on any atom is 0.417 e. The van der Waals surface area contributed by atoms with Crippen LogP contribution in [0.4, 0.5) is 13.2 Å². The molecular formula is C14H21ClF3IN4O. The molecule has 2 N–H and O–H groups in total. The molecule has 0 aliphatic carbocycles. The molecule has 0 spiro atoms. The molecule has 0 unspecified atom stereocenters. The third-order valence-electron chi connectivity index (χ3n) is 2.61. The van der Waals surface area contributed by atoms with Crippen molar-refractivity contribution in [3.63, 3.8) is 0 Å². The van der Waals surface area contributed by atoms with Crippen LogP contribution < -0.4 is 15.4 Å². The highest BCUT2D eigenvalue weighted by molar-refractivity contribution is 14.0. The predicted octanol–water partition coefficient (Wildman–Crippen LogP) is 3.72. The summed E-state index contributed by atoms with van der Waals surface area (Å²) in [5.74, 6) is 0.626. The summed E-state index contributed by atoms with van der Waals surface area (Å²) >= 11 is 5.75. The van der Waals surface area contributed by atoms with Gasteiger partial charge in [-0.05, 0) is 19.4 Å². The number of hydrogen-bond donors (Lipinski definition) is 2. The van der Waals surface area contributed by atoms with Gasteiger partial charge in [-0.15, -0.1) is 24.0 Å². The van der Waals surface area contributed by atoms with Gasteiger partial charge >= 0.3 is 6.18 Å². The monoisotopic (exact) mass is 480 g/mol. The van der Waals surface area contributed by atoms with Crippen molar-refractivity contribution in [2.24, 2.45) is 4.99 Å².